The number of esters is 1. The molecule has 24 heavy (non-hydrogen) atoms. The molecule has 3 rings (SSSR count). The summed E-state index contributed by atoms with van der Waals surface area (Å²) >= 11 is 0. The molecule has 0 aliphatic rings. The third-order valence-corrected chi connectivity index (χ3v) is 3.90. The molecule has 0 saturated heterocycles. The van der Waals surface area contributed by atoms with Crippen molar-refractivity contribution in [3.8, 4) is 5.88 Å². The average molecular weight is 324 g/mol. The highest BCUT2D eigenvalue weighted by molar-refractivity contribution is 5.71. The van der Waals surface area contributed by atoms with Crippen molar-refractivity contribution in [1.82, 2.24) is 9.38 Å². The quantitative estimate of drug-likeness (QED) is 0.743. The number of carbonyl (C=O) groups is 1. The van der Waals surface area contributed by atoms with Gasteiger partial charge in [-0.05, 0) is 17.7 Å². The van der Waals surface area contributed by atoms with Gasteiger partial charge in [-0.25, -0.2) is 0 Å². The molecule has 1 atom stereocenters. The molecule has 0 saturated carbocycles. The van der Waals surface area contributed by atoms with Crippen molar-refractivity contribution in [3.05, 3.63) is 76.2 Å². The van der Waals surface area contributed by atoms with Crippen LogP contribution in [0.4, 0.5) is 0 Å². The molecule has 3 aromatic rings. The van der Waals surface area contributed by atoms with Crippen molar-refractivity contribution in [3.63, 3.8) is 0 Å². The number of pyridine rings is 1. The average Bonchev–Trinajstić information content (AvgIpc) is 2.61. The molecule has 2 heterocycles. The monoisotopic (exact) mass is 324 g/mol. The molecule has 122 valence electrons. The van der Waals surface area contributed by atoms with Gasteiger partial charge in [0.25, 0.3) is 5.56 Å². The lowest BCUT2D eigenvalue weighted by molar-refractivity contribution is -0.140. The molecule has 1 aromatic carbocycles. The van der Waals surface area contributed by atoms with E-state index >= 15 is 0 Å². The number of ether oxygens (including phenoxy) is 1. The summed E-state index contributed by atoms with van der Waals surface area (Å²) in [7, 11) is 1.29. The highest BCUT2D eigenvalue weighted by Gasteiger charge is 2.26. The molecular formula is C18H16N2O4. The molecule has 0 aliphatic heterocycles. The molecule has 0 aliphatic carbocycles. The predicted octanol–water partition coefficient (Wildman–Crippen LogP) is 2.10. The van der Waals surface area contributed by atoms with Gasteiger partial charge in [-0.1, -0.05) is 36.4 Å². The fourth-order valence-electron chi connectivity index (χ4n) is 2.72. The number of hydrogen-bond donors (Lipinski definition) is 1. The second-order valence-electron chi connectivity index (χ2n) is 5.33. The van der Waals surface area contributed by atoms with E-state index in [1.165, 1.54) is 11.5 Å². The predicted molar refractivity (Wildman–Crippen MR) is 88.0 cm³/mol. The van der Waals surface area contributed by atoms with Crippen molar-refractivity contribution in [1.29, 1.82) is 0 Å². The highest BCUT2D eigenvalue weighted by Crippen LogP contribution is 2.31. The fourth-order valence-corrected chi connectivity index (χ4v) is 2.72. The Morgan fingerprint density at radius 2 is 1.92 bits per heavy atom. The first-order valence-corrected chi connectivity index (χ1v) is 7.44. The van der Waals surface area contributed by atoms with E-state index in [4.69, 9.17) is 4.74 Å². The lowest BCUT2D eigenvalue weighted by atomic mass is 9.89. The van der Waals surface area contributed by atoms with Crippen molar-refractivity contribution in [2.24, 2.45) is 0 Å². The topological polar surface area (TPSA) is 80.9 Å². The maximum absolute atomic E-state index is 12.8. The molecule has 0 fully saturated rings. The Kier molecular flexibility index (Phi) is 4.29. The summed E-state index contributed by atoms with van der Waals surface area (Å²) in [5.74, 6) is -1.49. The number of benzene rings is 1. The van der Waals surface area contributed by atoms with Gasteiger partial charge in [-0.3, -0.25) is 14.0 Å². The maximum Gasteiger partial charge on any atom is 0.306 e. The maximum atomic E-state index is 12.8. The van der Waals surface area contributed by atoms with E-state index in [1.807, 2.05) is 18.2 Å². The van der Waals surface area contributed by atoms with E-state index in [-0.39, 0.29) is 17.9 Å². The number of methoxy groups -OCH3 is 1. The number of aromatic hydroxyl groups is 1. The van der Waals surface area contributed by atoms with Crippen LogP contribution in [0.1, 0.15) is 23.5 Å². The first-order chi connectivity index (χ1) is 11.6. The Bertz CT molecular complexity index is 935. The first-order valence-electron chi connectivity index (χ1n) is 7.44. The molecule has 0 spiro atoms. The van der Waals surface area contributed by atoms with Crippen LogP contribution in [-0.4, -0.2) is 27.6 Å². The number of aromatic nitrogens is 2. The van der Waals surface area contributed by atoms with Crippen molar-refractivity contribution in [2.45, 2.75) is 12.3 Å². The number of fused-ring (bicyclic) bond motifs is 1. The van der Waals surface area contributed by atoms with E-state index in [9.17, 15) is 14.7 Å². The first kappa shape index (κ1) is 15.7. The number of carbonyl (C=O) groups excluding carboxylic acids is 1. The Morgan fingerprint density at radius 3 is 2.62 bits per heavy atom. The normalized spacial score (nSPS) is 12.0. The molecule has 6 heteroatoms. The molecular weight excluding hydrogens is 308 g/mol. The standard InChI is InChI=1S/C18H16N2O4/c1-24-15(21)11-13(12-7-3-2-4-8-12)16-17(22)19-14-9-5-6-10-20(14)18(16)23/h2-10,13,22H,11H2,1H3/t13-/m1/s1. The van der Waals surface area contributed by atoms with Crippen LogP contribution in [0, 0.1) is 0 Å². The van der Waals surface area contributed by atoms with E-state index in [2.05, 4.69) is 4.98 Å². The van der Waals surface area contributed by atoms with Crippen LogP contribution < -0.4 is 5.56 Å². The second-order valence-corrected chi connectivity index (χ2v) is 5.33. The Balaban J connectivity index is 2.23. The summed E-state index contributed by atoms with van der Waals surface area (Å²) < 4.78 is 6.09. The van der Waals surface area contributed by atoms with E-state index in [0.717, 1.165) is 5.56 Å². The second kappa shape index (κ2) is 6.54. The number of rotatable bonds is 4. The van der Waals surface area contributed by atoms with Gasteiger partial charge in [0, 0.05) is 12.1 Å². The third-order valence-electron chi connectivity index (χ3n) is 3.90. The zero-order valence-electron chi connectivity index (χ0n) is 13.0. The molecule has 0 unspecified atom stereocenters. The lowest BCUT2D eigenvalue weighted by Crippen LogP contribution is -2.24. The Morgan fingerprint density at radius 1 is 1.21 bits per heavy atom. The lowest BCUT2D eigenvalue weighted by Gasteiger charge is -2.17. The summed E-state index contributed by atoms with van der Waals surface area (Å²) in [4.78, 5) is 28.7. The van der Waals surface area contributed by atoms with Crippen LogP contribution in [0.5, 0.6) is 5.88 Å². The molecule has 6 nitrogen and oxygen atoms in total. The summed E-state index contributed by atoms with van der Waals surface area (Å²) in [5, 5.41) is 10.3. The number of nitrogens with zero attached hydrogens (tertiary/aromatic N) is 2. The van der Waals surface area contributed by atoms with Gasteiger partial charge < -0.3 is 9.84 Å². The highest BCUT2D eigenvalue weighted by atomic mass is 16.5. The molecule has 0 bridgehead atoms. The Labute approximate surface area is 138 Å². The zero-order chi connectivity index (χ0) is 17.1. The molecule has 1 N–H and O–H groups in total. The number of hydrogen-bond acceptors (Lipinski definition) is 5. The minimum Gasteiger partial charge on any atom is -0.493 e. The minimum absolute atomic E-state index is 0.0656. The smallest absolute Gasteiger partial charge is 0.306 e. The van der Waals surface area contributed by atoms with Gasteiger partial charge >= 0.3 is 5.97 Å². The molecule has 0 radical (unpaired) electrons. The van der Waals surface area contributed by atoms with Gasteiger partial charge in [0.05, 0.1) is 19.1 Å². The summed E-state index contributed by atoms with van der Waals surface area (Å²) in [6, 6.07) is 14.1. The zero-order valence-corrected chi connectivity index (χ0v) is 13.0. The van der Waals surface area contributed by atoms with Crippen LogP contribution >= 0.6 is 0 Å². The molecule has 2 aromatic heterocycles. The Hall–Kier alpha value is -3.15. The van der Waals surface area contributed by atoms with E-state index in [0.29, 0.717) is 5.65 Å². The summed E-state index contributed by atoms with van der Waals surface area (Å²) in [5.41, 5.74) is 0.743. The van der Waals surface area contributed by atoms with Crippen LogP contribution in [0.15, 0.2) is 59.5 Å². The van der Waals surface area contributed by atoms with Gasteiger partial charge in [0.15, 0.2) is 0 Å². The summed E-state index contributed by atoms with van der Waals surface area (Å²) in [6.07, 6.45) is 1.51. The minimum atomic E-state index is -0.643. The van der Waals surface area contributed by atoms with Gasteiger partial charge in [0.2, 0.25) is 5.88 Å². The fraction of sp³-hybridized carbons (Fsp3) is 0.167. The van der Waals surface area contributed by atoms with Crippen LogP contribution in [0.3, 0.4) is 0 Å². The van der Waals surface area contributed by atoms with Gasteiger partial charge in [0.1, 0.15) is 5.65 Å². The van der Waals surface area contributed by atoms with Crippen LogP contribution in [0.25, 0.3) is 5.65 Å². The molecule has 0 amide bonds. The van der Waals surface area contributed by atoms with Crippen molar-refractivity contribution < 1.29 is 14.6 Å². The van der Waals surface area contributed by atoms with Crippen molar-refractivity contribution >= 4 is 11.6 Å². The van der Waals surface area contributed by atoms with E-state index in [1.54, 1.807) is 36.5 Å². The van der Waals surface area contributed by atoms with Gasteiger partial charge in [-0.15, -0.1) is 0 Å². The van der Waals surface area contributed by atoms with Crippen molar-refractivity contribution in [2.75, 3.05) is 7.11 Å². The summed E-state index contributed by atoms with van der Waals surface area (Å²) in [6.45, 7) is 0. The van der Waals surface area contributed by atoms with Gasteiger partial charge in [-0.2, -0.15) is 4.98 Å². The SMILES string of the molecule is COC(=O)C[C@H](c1ccccc1)c1c(O)nc2ccccn2c1=O. The largest absolute Gasteiger partial charge is 0.493 e. The van der Waals surface area contributed by atoms with Crippen LogP contribution in [-0.2, 0) is 9.53 Å². The van der Waals surface area contributed by atoms with Crippen LogP contribution in [0.2, 0.25) is 0 Å². The van der Waals surface area contributed by atoms with E-state index < -0.39 is 17.4 Å². The third kappa shape index (κ3) is 2.86.